The van der Waals surface area contributed by atoms with Gasteiger partial charge < -0.3 is 4.74 Å². The van der Waals surface area contributed by atoms with E-state index in [2.05, 4.69) is 63.9 Å². The van der Waals surface area contributed by atoms with Gasteiger partial charge in [0.15, 0.2) is 5.90 Å². The first kappa shape index (κ1) is 14.8. The lowest BCUT2D eigenvalue weighted by molar-refractivity contribution is 0.332. The van der Waals surface area contributed by atoms with Gasteiger partial charge >= 0.3 is 0 Å². The van der Waals surface area contributed by atoms with Gasteiger partial charge in [-0.15, -0.1) is 0 Å². The highest BCUT2D eigenvalue weighted by Crippen LogP contribution is 2.27. The number of aryl methyl sites for hydroxylation is 1. The summed E-state index contributed by atoms with van der Waals surface area (Å²) in [6.45, 7) is 12.2. The van der Waals surface area contributed by atoms with Crippen LogP contribution >= 0.6 is 0 Å². The maximum Gasteiger partial charge on any atom is 0.192 e. The molecule has 1 unspecified atom stereocenters. The van der Waals surface area contributed by atoms with E-state index in [1.54, 1.807) is 0 Å². The molecule has 0 fully saturated rings. The van der Waals surface area contributed by atoms with Gasteiger partial charge in [-0.05, 0) is 26.0 Å². The van der Waals surface area contributed by atoms with Crippen LogP contribution in [-0.4, -0.2) is 24.8 Å². The Labute approximate surface area is 121 Å². The van der Waals surface area contributed by atoms with Crippen LogP contribution in [0.4, 0.5) is 5.69 Å². The van der Waals surface area contributed by atoms with Crippen molar-refractivity contribution in [3.8, 4) is 0 Å². The zero-order valence-electron chi connectivity index (χ0n) is 13.1. The van der Waals surface area contributed by atoms with Gasteiger partial charge in [0, 0.05) is 11.1 Å². The molecule has 2 rings (SSSR count). The van der Waals surface area contributed by atoms with Crippen molar-refractivity contribution in [2.45, 2.75) is 34.6 Å². The van der Waals surface area contributed by atoms with E-state index in [1.165, 1.54) is 5.56 Å². The highest BCUT2D eigenvalue weighted by molar-refractivity contribution is 6.07. The zero-order valence-corrected chi connectivity index (χ0v) is 13.1. The van der Waals surface area contributed by atoms with Crippen LogP contribution in [0.5, 0.6) is 0 Å². The van der Waals surface area contributed by atoms with Crippen LogP contribution in [0, 0.1) is 18.3 Å². The van der Waals surface area contributed by atoms with E-state index < -0.39 is 0 Å². The molecule has 0 spiro atoms. The quantitative estimate of drug-likeness (QED) is 0.760. The molecular weight excluding hydrogens is 248 g/mol. The van der Waals surface area contributed by atoms with E-state index in [0.29, 0.717) is 6.61 Å². The number of rotatable bonds is 3. The Morgan fingerprint density at radius 3 is 2.40 bits per heavy atom. The molecule has 0 N–H and O–H groups in total. The first-order valence-electron chi connectivity index (χ1n) is 7.21. The van der Waals surface area contributed by atoms with E-state index in [0.717, 1.165) is 23.8 Å². The van der Waals surface area contributed by atoms with Crippen molar-refractivity contribution in [3.05, 3.63) is 29.8 Å². The van der Waals surface area contributed by atoms with Crippen LogP contribution in [-0.2, 0) is 4.74 Å². The second-order valence-corrected chi connectivity index (χ2v) is 6.37. The third-order valence-corrected chi connectivity index (χ3v) is 3.44. The average molecular weight is 272 g/mol. The van der Waals surface area contributed by atoms with Crippen LogP contribution in [0.3, 0.4) is 0 Å². The molecule has 1 atom stereocenters. The number of hydrogen-bond donors (Lipinski definition) is 0. The molecule has 1 heterocycles. The maximum atomic E-state index is 5.62. The number of ether oxygens (including phenoxy) is 1. The SMILES string of the molecule is Cc1ccc(N=C(C(C)C2=NCCO2)C(C)(C)C)cc1. The smallest absolute Gasteiger partial charge is 0.192 e. The van der Waals surface area contributed by atoms with Crippen molar-refractivity contribution < 1.29 is 4.74 Å². The fourth-order valence-electron chi connectivity index (χ4n) is 2.40. The average Bonchev–Trinajstić information content (AvgIpc) is 2.89. The molecule has 3 heteroatoms. The Hall–Kier alpha value is -1.64. The van der Waals surface area contributed by atoms with Crippen molar-refractivity contribution >= 4 is 17.3 Å². The van der Waals surface area contributed by atoms with Crippen molar-refractivity contribution in [3.63, 3.8) is 0 Å². The molecule has 1 aromatic carbocycles. The monoisotopic (exact) mass is 272 g/mol. The summed E-state index contributed by atoms with van der Waals surface area (Å²) in [5.41, 5.74) is 3.34. The summed E-state index contributed by atoms with van der Waals surface area (Å²) in [6, 6.07) is 8.30. The number of aliphatic imine (C=N–C) groups is 2. The van der Waals surface area contributed by atoms with Crippen LogP contribution in [0.15, 0.2) is 34.3 Å². The van der Waals surface area contributed by atoms with E-state index in [-0.39, 0.29) is 11.3 Å². The normalized spacial score (nSPS) is 17.6. The Kier molecular flexibility index (Phi) is 4.26. The predicted molar refractivity (Wildman–Crippen MR) is 85.1 cm³/mol. The van der Waals surface area contributed by atoms with Crippen molar-refractivity contribution in [2.75, 3.05) is 13.2 Å². The highest BCUT2D eigenvalue weighted by atomic mass is 16.5. The van der Waals surface area contributed by atoms with Gasteiger partial charge in [-0.3, -0.25) is 9.98 Å². The van der Waals surface area contributed by atoms with Gasteiger partial charge in [0.25, 0.3) is 0 Å². The third-order valence-electron chi connectivity index (χ3n) is 3.44. The minimum absolute atomic E-state index is 0.0151. The van der Waals surface area contributed by atoms with Crippen molar-refractivity contribution in [2.24, 2.45) is 21.3 Å². The van der Waals surface area contributed by atoms with Gasteiger partial charge in [-0.2, -0.15) is 0 Å². The largest absolute Gasteiger partial charge is 0.479 e. The molecule has 1 aromatic rings. The molecule has 0 bridgehead atoms. The summed E-state index contributed by atoms with van der Waals surface area (Å²) in [5, 5.41) is 0. The zero-order chi connectivity index (χ0) is 14.8. The Morgan fingerprint density at radius 2 is 1.90 bits per heavy atom. The van der Waals surface area contributed by atoms with Crippen LogP contribution in [0.2, 0.25) is 0 Å². The third kappa shape index (κ3) is 3.47. The second kappa shape index (κ2) is 5.78. The van der Waals surface area contributed by atoms with Crippen LogP contribution in [0.1, 0.15) is 33.3 Å². The first-order chi connectivity index (χ1) is 9.38. The van der Waals surface area contributed by atoms with Crippen LogP contribution < -0.4 is 0 Å². The first-order valence-corrected chi connectivity index (χ1v) is 7.21. The predicted octanol–water partition coefficient (Wildman–Crippen LogP) is 4.18. The van der Waals surface area contributed by atoms with Crippen LogP contribution in [0.25, 0.3) is 0 Å². The molecule has 0 saturated carbocycles. The van der Waals surface area contributed by atoms with Gasteiger partial charge in [0.1, 0.15) is 6.61 Å². The van der Waals surface area contributed by atoms with Gasteiger partial charge in [0.2, 0.25) is 0 Å². The molecule has 0 radical (unpaired) electrons. The lowest BCUT2D eigenvalue weighted by Gasteiger charge is -2.26. The van der Waals surface area contributed by atoms with E-state index in [9.17, 15) is 0 Å². The summed E-state index contributed by atoms with van der Waals surface area (Å²) >= 11 is 0. The molecule has 3 nitrogen and oxygen atoms in total. The minimum atomic E-state index is -0.0151. The summed E-state index contributed by atoms with van der Waals surface area (Å²) in [6.07, 6.45) is 0. The van der Waals surface area contributed by atoms with Crippen molar-refractivity contribution in [1.82, 2.24) is 0 Å². The summed E-state index contributed by atoms with van der Waals surface area (Å²) in [4.78, 5) is 9.31. The lowest BCUT2D eigenvalue weighted by atomic mass is 9.82. The summed E-state index contributed by atoms with van der Waals surface area (Å²) in [5.74, 6) is 0.949. The summed E-state index contributed by atoms with van der Waals surface area (Å²) < 4.78 is 5.62. The molecule has 0 aliphatic carbocycles. The number of nitrogens with zero attached hydrogens (tertiary/aromatic N) is 2. The Balaban J connectivity index is 2.34. The molecule has 1 aliphatic rings. The molecule has 1 aliphatic heterocycles. The maximum absolute atomic E-state index is 5.62. The highest BCUT2D eigenvalue weighted by Gasteiger charge is 2.30. The number of hydrogen-bond acceptors (Lipinski definition) is 3. The van der Waals surface area contributed by atoms with Gasteiger partial charge in [-0.1, -0.05) is 38.5 Å². The van der Waals surface area contributed by atoms with E-state index >= 15 is 0 Å². The Morgan fingerprint density at radius 1 is 1.25 bits per heavy atom. The summed E-state index contributed by atoms with van der Waals surface area (Å²) in [7, 11) is 0. The molecule has 0 aromatic heterocycles. The standard InChI is InChI=1S/C17H24N2O/c1-12-6-8-14(9-7-12)19-15(17(3,4)5)13(2)16-18-10-11-20-16/h6-9,13H,10-11H2,1-5H3. The Bertz CT molecular complexity index is 521. The molecule has 0 saturated heterocycles. The fraction of sp³-hybridized carbons (Fsp3) is 0.529. The number of benzene rings is 1. The molecule has 0 amide bonds. The fourth-order valence-corrected chi connectivity index (χ4v) is 2.40. The van der Waals surface area contributed by atoms with Gasteiger partial charge in [-0.25, -0.2) is 0 Å². The molecular formula is C17H24N2O. The van der Waals surface area contributed by atoms with E-state index in [1.807, 2.05) is 0 Å². The minimum Gasteiger partial charge on any atom is -0.479 e. The second-order valence-electron chi connectivity index (χ2n) is 6.37. The molecule has 108 valence electrons. The lowest BCUT2D eigenvalue weighted by Crippen LogP contribution is -2.32. The van der Waals surface area contributed by atoms with E-state index in [4.69, 9.17) is 9.73 Å². The molecule has 20 heavy (non-hydrogen) atoms. The van der Waals surface area contributed by atoms with Crippen molar-refractivity contribution in [1.29, 1.82) is 0 Å². The van der Waals surface area contributed by atoms with Gasteiger partial charge in [0.05, 0.1) is 18.2 Å². The topological polar surface area (TPSA) is 34.0 Å².